The van der Waals surface area contributed by atoms with Crippen LogP contribution in [-0.4, -0.2) is 4.98 Å². The third kappa shape index (κ3) is 2.60. The van der Waals surface area contributed by atoms with Crippen molar-refractivity contribution in [3.05, 3.63) is 23.6 Å². The molecule has 1 heterocycles. The first-order chi connectivity index (χ1) is 7.89. The summed E-state index contributed by atoms with van der Waals surface area (Å²) in [6, 6.07) is 4.02. The Morgan fingerprint density at radius 2 is 2.00 bits per heavy atom. The minimum Gasteiger partial charge on any atom is -0.438 e. The van der Waals surface area contributed by atoms with Gasteiger partial charge in [-0.2, -0.15) is 0 Å². The summed E-state index contributed by atoms with van der Waals surface area (Å²) in [5, 5.41) is 0. The molecular formula is C14H20N2O. The maximum Gasteiger partial charge on any atom is 0.196 e. The van der Waals surface area contributed by atoms with E-state index in [-0.39, 0.29) is 5.41 Å². The molecule has 0 atom stereocenters. The number of aryl methyl sites for hydroxylation is 1. The van der Waals surface area contributed by atoms with Crippen LogP contribution in [0.15, 0.2) is 16.5 Å². The van der Waals surface area contributed by atoms with Gasteiger partial charge in [-0.05, 0) is 29.5 Å². The van der Waals surface area contributed by atoms with Gasteiger partial charge >= 0.3 is 0 Å². The molecule has 0 unspecified atom stereocenters. The van der Waals surface area contributed by atoms with Crippen LogP contribution in [0.2, 0.25) is 0 Å². The van der Waals surface area contributed by atoms with E-state index in [2.05, 4.69) is 38.7 Å². The molecule has 2 rings (SSSR count). The quantitative estimate of drug-likeness (QED) is 0.805. The fourth-order valence-electron chi connectivity index (χ4n) is 1.90. The van der Waals surface area contributed by atoms with Crippen molar-refractivity contribution in [3.8, 4) is 0 Å². The van der Waals surface area contributed by atoms with Crippen LogP contribution in [0, 0.1) is 5.41 Å². The van der Waals surface area contributed by atoms with Crippen molar-refractivity contribution in [3.63, 3.8) is 0 Å². The van der Waals surface area contributed by atoms with Crippen molar-refractivity contribution in [2.24, 2.45) is 5.41 Å². The Labute approximate surface area is 102 Å². The average Bonchev–Trinajstić information content (AvgIpc) is 2.57. The molecule has 0 saturated carbocycles. The standard InChI is InChI=1S/C14H20N2O/c1-5-9-6-10(15)13-11(7-9)16-12(17-13)8-14(2,3)4/h6-7H,5,8,15H2,1-4H3. The summed E-state index contributed by atoms with van der Waals surface area (Å²) in [5.41, 5.74) is 9.63. The zero-order valence-electron chi connectivity index (χ0n) is 11.0. The first-order valence-electron chi connectivity index (χ1n) is 6.07. The van der Waals surface area contributed by atoms with Crippen LogP contribution in [0.25, 0.3) is 11.1 Å². The molecule has 1 aromatic carbocycles. The number of nitrogens with two attached hydrogens (primary N) is 1. The first kappa shape index (κ1) is 12.0. The van der Waals surface area contributed by atoms with E-state index in [1.165, 1.54) is 5.56 Å². The number of hydrogen-bond donors (Lipinski definition) is 1. The number of hydrogen-bond acceptors (Lipinski definition) is 3. The molecule has 92 valence electrons. The van der Waals surface area contributed by atoms with Crippen molar-refractivity contribution in [2.75, 3.05) is 5.73 Å². The Bertz CT molecular complexity index is 535. The molecule has 0 aliphatic heterocycles. The topological polar surface area (TPSA) is 52.0 Å². The van der Waals surface area contributed by atoms with Crippen LogP contribution in [0.4, 0.5) is 5.69 Å². The van der Waals surface area contributed by atoms with E-state index in [0.29, 0.717) is 5.69 Å². The van der Waals surface area contributed by atoms with Gasteiger partial charge in [-0.25, -0.2) is 4.98 Å². The summed E-state index contributed by atoms with van der Waals surface area (Å²) in [6.07, 6.45) is 1.78. The van der Waals surface area contributed by atoms with Crippen LogP contribution in [0.1, 0.15) is 39.1 Å². The van der Waals surface area contributed by atoms with Gasteiger partial charge in [-0.15, -0.1) is 0 Å². The van der Waals surface area contributed by atoms with Crippen molar-refractivity contribution in [2.45, 2.75) is 40.5 Å². The Morgan fingerprint density at radius 3 is 2.59 bits per heavy atom. The summed E-state index contributed by atoms with van der Waals surface area (Å²) < 4.78 is 5.74. The van der Waals surface area contributed by atoms with Gasteiger partial charge in [0.15, 0.2) is 11.5 Å². The Balaban J connectivity index is 2.46. The van der Waals surface area contributed by atoms with Gasteiger partial charge in [0, 0.05) is 6.42 Å². The molecule has 2 N–H and O–H groups in total. The summed E-state index contributed by atoms with van der Waals surface area (Å²) >= 11 is 0. The summed E-state index contributed by atoms with van der Waals surface area (Å²) in [7, 11) is 0. The van der Waals surface area contributed by atoms with Gasteiger partial charge < -0.3 is 10.2 Å². The number of nitrogen functional groups attached to an aromatic ring is 1. The van der Waals surface area contributed by atoms with E-state index in [0.717, 1.165) is 29.8 Å². The summed E-state index contributed by atoms with van der Waals surface area (Å²) in [6.45, 7) is 8.62. The second-order valence-electron chi connectivity index (χ2n) is 5.73. The first-order valence-corrected chi connectivity index (χ1v) is 6.07. The maximum atomic E-state index is 5.98. The largest absolute Gasteiger partial charge is 0.438 e. The third-order valence-electron chi connectivity index (χ3n) is 2.71. The van der Waals surface area contributed by atoms with Crippen LogP contribution >= 0.6 is 0 Å². The van der Waals surface area contributed by atoms with Crippen LogP contribution < -0.4 is 5.73 Å². The molecule has 0 saturated heterocycles. The van der Waals surface area contributed by atoms with Gasteiger partial charge in [-0.3, -0.25) is 0 Å². The molecule has 0 radical (unpaired) electrons. The second-order valence-corrected chi connectivity index (χ2v) is 5.73. The van der Waals surface area contributed by atoms with E-state index >= 15 is 0 Å². The number of rotatable bonds is 2. The third-order valence-corrected chi connectivity index (χ3v) is 2.71. The molecule has 0 aliphatic carbocycles. The van der Waals surface area contributed by atoms with E-state index in [9.17, 15) is 0 Å². The summed E-state index contributed by atoms with van der Waals surface area (Å²) in [5.74, 6) is 0.771. The Hall–Kier alpha value is -1.51. The molecule has 3 nitrogen and oxygen atoms in total. The van der Waals surface area contributed by atoms with Gasteiger partial charge in [0.25, 0.3) is 0 Å². The number of fused-ring (bicyclic) bond motifs is 1. The van der Waals surface area contributed by atoms with Crippen molar-refractivity contribution < 1.29 is 4.42 Å². The number of nitrogens with zero attached hydrogens (tertiary/aromatic N) is 1. The predicted octanol–water partition coefficient (Wildman–Crippen LogP) is 3.56. The molecule has 17 heavy (non-hydrogen) atoms. The van der Waals surface area contributed by atoms with Crippen LogP contribution in [0.5, 0.6) is 0 Å². The molecule has 1 aromatic heterocycles. The van der Waals surface area contributed by atoms with E-state index in [4.69, 9.17) is 10.2 Å². The molecule has 0 amide bonds. The zero-order chi connectivity index (χ0) is 12.6. The fourth-order valence-corrected chi connectivity index (χ4v) is 1.90. The smallest absolute Gasteiger partial charge is 0.196 e. The van der Waals surface area contributed by atoms with E-state index in [1.54, 1.807) is 0 Å². The Morgan fingerprint density at radius 1 is 1.29 bits per heavy atom. The lowest BCUT2D eigenvalue weighted by Crippen LogP contribution is -2.09. The van der Waals surface area contributed by atoms with E-state index < -0.39 is 0 Å². The lowest BCUT2D eigenvalue weighted by molar-refractivity contribution is 0.362. The van der Waals surface area contributed by atoms with Crippen LogP contribution in [-0.2, 0) is 12.8 Å². The molecule has 0 fully saturated rings. The molecular weight excluding hydrogens is 212 g/mol. The minimum absolute atomic E-state index is 0.170. The van der Waals surface area contributed by atoms with E-state index in [1.807, 2.05) is 6.07 Å². The second kappa shape index (κ2) is 4.06. The summed E-state index contributed by atoms with van der Waals surface area (Å²) in [4.78, 5) is 4.52. The van der Waals surface area contributed by atoms with Gasteiger partial charge in [-0.1, -0.05) is 27.7 Å². The highest BCUT2D eigenvalue weighted by Gasteiger charge is 2.17. The van der Waals surface area contributed by atoms with Gasteiger partial charge in [0.05, 0.1) is 5.69 Å². The van der Waals surface area contributed by atoms with Crippen LogP contribution in [0.3, 0.4) is 0 Å². The molecule has 0 aliphatic rings. The number of anilines is 1. The van der Waals surface area contributed by atoms with Crippen molar-refractivity contribution in [1.29, 1.82) is 0 Å². The predicted molar refractivity (Wildman–Crippen MR) is 71.0 cm³/mol. The highest BCUT2D eigenvalue weighted by atomic mass is 16.3. The maximum absolute atomic E-state index is 5.98. The highest BCUT2D eigenvalue weighted by Crippen LogP contribution is 2.27. The normalized spacial score (nSPS) is 12.2. The fraction of sp³-hybridized carbons (Fsp3) is 0.500. The monoisotopic (exact) mass is 232 g/mol. The number of aromatic nitrogens is 1. The Kier molecular flexibility index (Phi) is 2.86. The average molecular weight is 232 g/mol. The van der Waals surface area contributed by atoms with Gasteiger partial charge in [0.1, 0.15) is 5.52 Å². The zero-order valence-corrected chi connectivity index (χ0v) is 11.0. The lowest BCUT2D eigenvalue weighted by Gasteiger charge is -2.14. The highest BCUT2D eigenvalue weighted by molar-refractivity contribution is 5.85. The number of oxazole rings is 1. The van der Waals surface area contributed by atoms with Gasteiger partial charge in [0.2, 0.25) is 0 Å². The minimum atomic E-state index is 0.170. The lowest BCUT2D eigenvalue weighted by atomic mass is 9.92. The van der Waals surface area contributed by atoms with Crippen molar-refractivity contribution in [1.82, 2.24) is 4.98 Å². The number of benzene rings is 1. The molecule has 0 spiro atoms. The molecule has 3 heteroatoms. The molecule has 2 aromatic rings. The van der Waals surface area contributed by atoms with Crippen molar-refractivity contribution >= 4 is 16.8 Å². The SMILES string of the molecule is CCc1cc(N)c2oc(CC(C)(C)C)nc2c1. The molecule has 0 bridgehead atoms.